The number of fused-ring (bicyclic) bond motifs is 1. The lowest BCUT2D eigenvalue weighted by atomic mass is 9.97. The number of pyridine rings is 6. The third kappa shape index (κ3) is 25.7. The summed E-state index contributed by atoms with van der Waals surface area (Å²) in [5.74, 6) is 3.13. The molecule has 8 rings (SSSR count). The Bertz CT molecular complexity index is 2570. The summed E-state index contributed by atoms with van der Waals surface area (Å²) < 4.78 is 26.4. The molecule has 10 nitrogen and oxygen atoms in total. The van der Waals surface area contributed by atoms with Gasteiger partial charge in [-0.25, -0.2) is 9.97 Å². The molecule has 6 heterocycles. The quantitative estimate of drug-likeness (QED) is 0.0347. The first-order chi connectivity index (χ1) is 38.7. The fourth-order valence-electron chi connectivity index (χ4n) is 9.91. The number of hydrogen-bond donors (Lipinski definition) is 0. The average molecular weight is 1370 g/mol. The molecule has 440 valence electrons. The topological polar surface area (TPSA) is 114 Å². The van der Waals surface area contributed by atoms with Crippen molar-refractivity contribution in [1.82, 2.24) is 29.9 Å². The van der Waals surface area contributed by atoms with E-state index >= 15 is 0 Å². The van der Waals surface area contributed by atoms with E-state index in [2.05, 4.69) is 111 Å². The second kappa shape index (κ2) is 41.7. The predicted molar refractivity (Wildman–Crippen MR) is 358 cm³/mol. The molecule has 8 aromatic rings. The highest BCUT2D eigenvalue weighted by molar-refractivity contribution is 8.93. The number of hydrogen-bond acceptors (Lipinski definition) is 10. The van der Waals surface area contributed by atoms with E-state index in [1.807, 2.05) is 67.4 Å². The van der Waals surface area contributed by atoms with Crippen molar-refractivity contribution in [1.29, 1.82) is 0 Å². The first kappa shape index (κ1) is 69.2. The van der Waals surface area contributed by atoms with E-state index in [9.17, 15) is 0 Å². The SMILES string of the molecule is Br.Br.Br.Br.c1ccc(CCCCCCCOc2cc(OCCCCCCCc3ccccn3)cc(-c3cc4cccnc4nc3-c3cc(OCCCCCCCc4ccccn4)cc(OCCCCCCCc4ccccn4)c3)c2)nc1. The lowest BCUT2D eigenvalue weighted by Crippen LogP contribution is -2.02. The summed E-state index contributed by atoms with van der Waals surface area (Å²) in [5.41, 5.74) is 9.00. The molecule has 0 unspecified atom stereocenters. The average Bonchev–Trinajstić information content (AvgIpc) is 3.69. The Labute approximate surface area is 530 Å². The molecule has 0 aliphatic carbocycles. The summed E-state index contributed by atoms with van der Waals surface area (Å²) in [5, 5.41) is 0.958. The van der Waals surface area contributed by atoms with Gasteiger partial charge in [0.15, 0.2) is 5.65 Å². The Balaban J connectivity index is 0.00000361. The molecule has 0 fully saturated rings. The second-order valence-corrected chi connectivity index (χ2v) is 20.6. The van der Waals surface area contributed by atoms with Crippen molar-refractivity contribution >= 4 is 79.0 Å². The summed E-state index contributed by atoms with van der Waals surface area (Å²) in [6.07, 6.45) is 35.8. The van der Waals surface area contributed by atoms with Crippen LogP contribution >= 0.6 is 67.9 Å². The number of unbranched alkanes of at least 4 members (excludes halogenated alkanes) is 16. The standard InChI is InChI=1S/C68H82N6O4.4BrH/c1(5-13-31-58-35-17-21-39-69-58)9-25-44-75-62-48-56(49-63(53-62)76-45-26-10-2-6-14-32-59-36-18-22-40-70-59)66-52-55-30-29-43-73-68(55)74-67(66)57-50-64(77-46-27-11-3-7-15-33-60-37-19-23-41-71-60)54-65(51-57)78-47-28-12-4-8-16-34-61-38-20-24-42-72-61;;;;/h17-24,29-30,35-43,48-54H,1-16,25-28,31-34,44-47H2;4*1H. The Kier molecular flexibility index (Phi) is 35.2. The molecule has 2 aromatic carbocycles. The molecule has 0 aliphatic heterocycles. The van der Waals surface area contributed by atoms with Crippen LogP contribution in [0, 0.1) is 0 Å². The van der Waals surface area contributed by atoms with Crippen LogP contribution in [0.15, 0.2) is 158 Å². The number of halogens is 4. The zero-order valence-corrected chi connectivity index (χ0v) is 54.6. The third-order valence-electron chi connectivity index (χ3n) is 14.2. The fraction of sp³-hybridized carbons (Fsp3) is 0.412. The zero-order valence-electron chi connectivity index (χ0n) is 47.8. The minimum absolute atomic E-state index is 0. The molecule has 0 atom stereocenters. The molecule has 0 N–H and O–H groups in total. The normalized spacial score (nSPS) is 10.7. The van der Waals surface area contributed by atoms with Crippen LogP contribution in [0.2, 0.25) is 0 Å². The van der Waals surface area contributed by atoms with Gasteiger partial charge in [0.25, 0.3) is 0 Å². The number of aromatic nitrogens is 6. The van der Waals surface area contributed by atoms with Crippen LogP contribution in [0.1, 0.15) is 151 Å². The third-order valence-corrected chi connectivity index (χ3v) is 14.2. The lowest BCUT2D eigenvalue weighted by molar-refractivity contribution is 0.289. The van der Waals surface area contributed by atoms with Crippen molar-refractivity contribution in [3.63, 3.8) is 0 Å². The second-order valence-electron chi connectivity index (χ2n) is 20.6. The van der Waals surface area contributed by atoms with Gasteiger partial charge >= 0.3 is 0 Å². The largest absolute Gasteiger partial charge is 0.493 e. The van der Waals surface area contributed by atoms with Crippen LogP contribution in [0.5, 0.6) is 23.0 Å². The first-order valence-corrected chi connectivity index (χ1v) is 29.4. The van der Waals surface area contributed by atoms with Crippen molar-refractivity contribution in [2.45, 2.75) is 154 Å². The molecule has 0 radical (unpaired) electrons. The van der Waals surface area contributed by atoms with Crippen LogP contribution in [-0.2, 0) is 25.7 Å². The number of aryl methyl sites for hydroxylation is 4. The van der Waals surface area contributed by atoms with E-state index in [-0.39, 0.29) is 67.9 Å². The fourth-order valence-corrected chi connectivity index (χ4v) is 9.91. The van der Waals surface area contributed by atoms with Gasteiger partial charge in [0, 0.05) is 82.4 Å². The van der Waals surface area contributed by atoms with Crippen molar-refractivity contribution in [3.05, 3.63) is 181 Å². The van der Waals surface area contributed by atoms with Gasteiger partial charge in [-0.1, -0.05) is 101 Å². The molecule has 14 heteroatoms. The maximum Gasteiger partial charge on any atom is 0.159 e. The van der Waals surface area contributed by atoms with E-state index in [1.54, 1.807) is 0 Å². The number of benzene rings is 2. The minimum Gasteiger partial charge on any atom is -0.493 e. The smallest absolute Gasteiger partial charge is 0.159 e. The molecular weight excluding hydrogens is 1280 g/mol. The molecule has 0 amide bonds. The Morgan fingerprint density at radius 1 is 0.280 bits per heavy atom. The highest BCUT2D eigenvalue weighted by Gasteiger charge is 2.18. The van der Waals surface area contributed by atoms with Crippen LogP contribution in [0.3, 0.4) is 0 Å². The van der Waals surface area contributed by atoms with E-state index in [4.69, 9.17) is 28.9 Å². The predicted octanol–water partition coefficient (Wildman–Crippen LogP) is 19.1. The molecule has 0 saturated carbocycles. The van der Waals surface area contributed by atoms with Crippen LogP contribution in [0.4, 0.5) is 0 Å². The van der Waals surface area contributed by atoms with Gasteiger partial charge in [-0.05, 0) is 174 Å². The van der Waals surface area contributed by atoms with Gasteiger partial charge in [0.1, 0.15) is 23.0 Å². The van der Waals surface area contributed by atoms with Crippen molar-refractivity contribution in [3.8, 4) is 45.4 Å². The summed E-state index contributed by atoms with van der Waals surface area (Å²) in [6, 6.07) is 43.5. The summed E-state index contributed by atoms with van der Waals surface area (Å²) in [4.78, 5) is 28.0. The molecule has 82 heavy (non-hydrogen) atoms. The molecule has 0 spiro atoms. The maximum atomic E-state index is 6.60. The lowest BCUT2D eigenvalue weighted by Gasteiger charge is -2.17. The molecule has 0 bridgehead atoms. The van der Waals surface area contributed by atoms with Crippen LogP contribution in [-0.4, -0.2) is 56.3 Å². The maximum absolute atomic E-state index is 6.60. The minimum atomic E-state index is 0. The summed E-state index contributed by atoms with van der Waals surface area (Å²) >= 11 is 0. The number of rotatable bonds is 38. The zero-order chi connectivity index (χ0) is 53.3. The van der Waals surface area contributed by atoms with Gasteiger partial charge in [-0.2, -0.15) is 0 Å². The van der Waals surface area contributed by atoms with E-state index < -0.39 is 0 Å². The number of ether oxygens (including phenoxy) is 4. The van der Waals surface area contributed by atoms with Gasteiger partial charge in [0.2, 0.25) is 0 Å². The molecular formula is C68H86Br4N6O4. The van der Waals surface area contributed by atoms with Gasteiger partial charge < -0.3 is 18.9 Å². The van der Waals surface area contributed by atoms with Gasteiger partial charge in [-0.15, -0.1) is 67.9 Å². The highest BCUT2D eigenvalue weighted by atomic mass is 79.9. The summed E-state index contributed by atoms with van der Waals surface area (Å²) in [6.45, 7) is 2.50. The first-order valence-electron chi connectivity index (χ1n) is 29.4. The van der Waals surface area contributed by atoms with Crippen molar-refractivity contribution in [2.75, 3.05) is 26.4 Å². The number of nitrogens with zero attached hydrogens (tertiary/aromatic N) is 6. The monoisotopic (exact) mass is 1370 g/mol. The van der Waals surface area contributed by atoms with Crippen molar-refractivity contribution in [2.24, 2.45) is 0 Å². The molecule has 0 saturated heterocycles. The Morgan fingerprint density at radius 3 is 0.939 bits per heavy atom. The molecule has 6 aromatic heterocycles. The van der Waals surface area contributed by atoms with Gasteiger partial charge in [0.05, 0.1) is 32.1 Å². The van der Waals surface area contributed by atoms with Crippen LogP contribution in [0.25, 0.3) is 33.4 Å². The summed E-state index contributed by atoms with van der Waals surface area (Å²) in [7, 11) is 0. The van der Waals surface area contributed by atoms with E-state index in [1.165, 1.54) is 74.1 Å². The van der Waals surface area contributed by atoms with Crippen molar-refractivity contribution < 1.29 is 18.9 Å². The van der Waals surface area contributed by atoms with E-state index in [0.717, 1.165) is 154 Å². The Hall–Kier alpha value is -5.28. The van der Waals surface area contributed by atoms with E-state index in [0.29, 0.717) is 32.1 Å². The van der Waals surface area contributed by atoms with Gasteiger partial charge in [-0.3, -0.25) is 19.9 Å². The highest BCUT2D eigenvalue weighted by Crippen LogP contribution is 2.40. The molecule has 0 aliphatic rings. The van der Waals surface area contributed by atoms with Crippen LogP contribution < -0.4 is 18.9 Å². The Morgan fingerprint density at radius 2 is 0.598 bits per heavy atom.